The van der Waals surface area contributed by atoms with Crippen LogP contribution in [-0.4, -0.2) is 34.1 Å². The molecule has 0 saturated carbocycles. The van der Waals surface area contributed by atoms with Gasteiger partial charge in [0.05, 0.1) is 11.3 Å². The number of thiophene rings is 1. The molecule has 0 saturated heterocycles. The summed E-state index contributed by atoms with van der Waals surface area (Å²) in [5.41, 5.74) is 0. The van der Waals surface area contributed by atoms with Crippen molar-refractivity contribution in [2.45, 2.75) is 25.8 Å². The van der Waals surface area contributed by atoms with Crippen LogP contribution in [0.15, 0.2) is 12.1 Å². The van der Waals surface area contributed by atoms with E-state index in [-0.39, 0.29) is 0 Å². The third-order valence-electron chi connectivity index (χ3n) is 2.22. The highest BCUT2D eigenvalue weighted by Gasteiger charge is 2.24. The fourth-order valence-corrected chi connectivity index (χ4v) is 2.14. The molecule has 0 aliphatic heterocycles. The van der Waals surface area contributed by atoms with Crippen LogP contribution in [0.1, 0.15) is 27.9 Å². The van der Waals surface area contributed by atoms with Crippen LogP contribution >= 0.6 is 11.3 Å². The second-order valence-electron chi connectivity index (χ2n) is 3.58. The second-order valence-corrected chi connectivity index (χ2v) is 4.75. The summed E-state index contributed by atoms with van der Waals surface area (Å²) in [6.07, 6.45) is 0.141. The maximum atomic E-state index is 11.7. The smallest absolute Gasteiger partial charge is 0.326 e. The number of carboxylic acid groups (broad SMARTS) is 2. The largest absolute Gasteiger partial charge is 0.481 e. The van der Waals surface area contributed by atoms with Gasteiger partial charge in [-0.2, -0.15) is 0 Å². The van der Waals surface area contributed by atoms with Crippen molar-refractivity contribution in [1.82, 2.24) is 5.32 Å². The fourth-order valence-electron chi connectivity index (χ4n) is 1.29. The van der Waals surface area contributed by atoms with Crippen LogP contribution in [0.4, 0.5) is 0 Å². The van der Waals surface area contributed by atoms with Gasteiger partial charge in [-0.3, -0.25) is 9.59 Å². The maximum Gasteiger partial charge on any atom is 0.326 e. The average Bonchev–Trinajstić information content (AvgIpc) is 2.75. The Morgan fingerprint density at radius 3 is 2.44 bits per heavy atom. The van der Waals surface area contributed by atoms with Crippen LogP contribution in [0.25, 0.3) is 0 Å². The van der Waals surface area contributed by atoms with E-state index in [9.17, 15) is 14.4 Å². The number of carbonyl (C=O) groups excluding carboxylic acids is 1. The van der Waals surface area contributed by atoms with Crippen LogP contribution in [0.5, 0.6) is 0 Å². The van der Waals surface area contributed by atoms with Crippen LogP contribution in [0.3, 0.4) is 0 Å². The lowest BCUT2D eigenvalue weighted by molar-refractivity contribution is -0.145. The minimum atomic E-state index is -1.41. The number of amides is 1. The van der Waals surface area contributed by atoms with Gasteiger partial charge in [-0.05, 0) is 18.6 Å². The summed E-state index contributed by atoms with van der Waals surface area (Å²) in [5.74, 6) is -3.20. The molecule has 3 N–H and O–H groups in total. The van der Waals surface area contributed by atoms with Crippen LogP contribution < -0.4 is 5.32 Å². The molecule has 0 aliphatic carbocycles. The van der Waals surface area contributed by atoms with Gasteiger partial charge < -0.3 is 15.5 Å². The second kappa shape index (κ2) is 6.15. The van der Waals surface area contributed by atoms with E-state index >= 15 is 0 Å². The van der Waals surface area contributed by atoms with E-state index in [1.807, 2.05) is 6.92 Å². The van der Waals surface area contributed by atoms with Gasteiger partial charge in [0.2, 0.25) is 0 Å². The zero-order chi connectivity index (χ0) is 13.7. The Morgan fingerprint density at radius 2 is 2.00 bits per heavy atom. The minimum absolute atomic E-state index is 0.378. The number of carboxylic acids is 2. The fraction of sp³-hybridized carbons (Fsp3) is 0.364. The first-order chi connectivity index (χ1) is 8.43. The van der Waals surface area contributed by atoms with Crippen LogP contribution in [0.2, 0.25) is 0 Å². The molecule has 6 nitrogen and oxygen atoms in total. The van der Waals surface area contributed by atoms with E-state index in [0.29, 0.717) is 4.88 Å². The van der Waals surface area contributed by atoms with Crippen molar-refractivity contribution in [2.75, 3.05) is 0 Å². The summed E-state index contributed by atoms with van der Waals surface area (Å²) in [7, 11) is 0. The first-order valence-corrected chi connectivity index (χ1v) is 6.09. The van der Waals surface area contributed by atoms with Crippen molar-refractivity contribution in [3.05, 3.63) is 21.9 Å². The van der Waals surface area contributed by atoms with Gasteiger partial charge in [-0.1, -0.05) is 6.92 Å². The molecule has 1 aromatic rings. The summed E-state index contributed by atoms with van der Waals surface area (Å²) in [6.45, 7) is 1.94. The molecule has 0 spiro atoms. The number of nitrogens with one attached hydrogen (secondary N) is 1. The Balaban J connectivity index is 2.71. The lowest BCUT2D eigenvalue weighted by Crippen LogP contribution is -2.41. The Kier molecular flexibility index (Phi) is 4.85. The maximum absolute atomic E-state index is 11.7. The molecule has 0 bridgehead atoms. The topological polar surface area (TPSA) is 104 Å². The van der Waals surface area contributed by atoms with Crippen molar-refractivity contribution in [1.29, 1.82) is 0 Å². The molecule has 0 fully saturated rings. The third kappa shape index (κ3) is 3.85. The highest BCUT2D eigenvalue weighted by Crippen LogP contribution is 2.16. The first kappa shape index (κ1) is 14.2. The van der Waals surface area contributed by atoms with Crippen LogP contribution in [-0.2, 0) is 16.0 Å². The molecule has 98 valence electrons. The SMILES string of the molecule is CCc1ccc(C(=O)N[C@@H](CC(=O)O)C(=O)O)s1. The Hall–Kier alpha value is -1.89. The zero-order valence-corrected chi connectivity index (χ0v) is 10.5. The van der Waals surface area contributed by atoms with Crippen molar-refractivity contribution >= 4 is 29.2 Å². The molecule has 18 heavy (non-hydrogen) atoms. The van der Waals surface area contributed by atoms with E-state index in [4.69, 9.17) is 10.2 Å². The Bertz CT molecular complexity index is 468. The molecule has 0 aliphatic rings. The van der Waals surface area contributed by atoms with E-state index in [2.05, 4.69) is 5.32 Å². The van der Waals surface area contributed by atoms with Gasteiger partial charge in [-0.15, -0.1) is 11.3 Å². The quantitative estimate of drug-likeness (QED) is 0.715. The average molecular weight is 271 g/mol. The Morgan fingerprint density at radius 1 is 1.33 bits per heavy atom. The summed E-state index contributed by atoms with van der Waals surface area (Å²) >= 11 is 1.26. The van der Waals surface area contributed by atoms with E-state index in [1.54, 1.807) is 12.1 Å². The minimum Gasteiger partial charge on any atom is -0.481 e. The number of rotatable bonds is 6. The molecule has 1 rings (SSSR count). The van der Waals surface area contributed by atoms with Gasteiger partial charge in [0.1, 0.15) is 6.04 Å². The van der Waals surface area contributed by atoms with E-state index in [1.165, 1.54) is 11.3 Å². The predicted octanol–water partition coefficient (Wildman–Crippen LogP) is 0.968. The normalized spacial score (nSPS) is 11.8. The molecular formula is C11H13NO5S. The summed E-state index contributed by atoms with van der Waals surface area (Å²) < 4.78 is 0. The molecule has 1 amide bonds. The highest BCUT2D eigenvalue weighted by atomic mass is 32.1. The molecule has 0 radical (unpaired) electrons. The molecule has 0 aromatic carbocycles. The van der Waals surface area contributed by atoms with Crippen LogP contribution in [0, 0.1) is 0 Å². The van der Waals surface area contributed by atoms with Crippen molar-refractivity contribution in [3.8, 4) is 0 Å². The molecule has 1 aromatic heterocycles. The summed E-state index contributed by atoms with van der Waals surface area (Å²) in [4.78, 5) is 34.4. The predicted molar refractivity (Wildman–Crippen MR) is 64.8 cm³/mol. The number of aryl methyl sites for hydroxylation is 1. The first-order valence-electron chi connectivity index (χ1n) is 5.28. The molecule has 1 atom stereocenters. The van der Waals surface area contributed by atoms with Gasteiger partial charge in [-0.25, -0.2) is 4.79 Å². The standard InChI is InChI=1S/C11H13NO5S/c1-2-6-3-4-8(18-6)10(15)12-7(11(16)17)5-9(13)14/h3-4,7H,2,5H2,1H3,(H,12,15)(H,13,14)(H,16,17)/t7-/m0/s1. The summed E-state index contributed by atoms with van der Waals surface area (Å²) in [5, 5.41) is 19.5. The number of carbonyl (C=O) groups is 3. The lowest BCUT2D eigenvalue weighted by atomic mass is 10.2. The van der Waals surface area contributed by atoms with Gasteiger partial charge in [0, 0.05) is 4.88 Å². The van der Waals surface area contributed by atoms with Crippen molar-refractivity contribution in [3.63, 3.8) is 0 Å². The molecule has 0 unspecified atom stereocenters. The number of aliphatic carboxylic acids is 2. The molecular weight excluding hydrogens is 258 g/mol. The third-order valence-corrected chi connectivity index (χ3v) is 3.44. The summed E-state index contributed by atoms with van der Waals surface area (Å²) in [6, 6.07) is 1.97. The van der Waals surface area contributed by atoms with Gasteiger partial charge in [0.15, 0.2) is 0 Å². The highest BCUT2D eigenvalue weighted by molar-refractivity contribution is 7.14. The van der Waals surface area contributed by atoms with Gasteiger partial charge in [0.25, 0.3) is 5.91 Å². The van der Waals surface area contributed by atoms with Crippen molar-refractivity contribution < 1.29 is 24.6 Å². The Labute approximate surface area is 107 Å². The lowest BCUT2D eigenvalue weighted by Gasteiger charge is -2.11. The molecule has 7 heteroatoms. The monoisotopic (exact) mass is 271 g/mol. The van der Waals surface area contributed by atoms with E-state index in [0.717, 1.165) is 11.3 Å². The van der Waals surface area contributed by atoms with Crippen molar-refractivity contribution in [2.24, 2.45) is 0 Å². The van der Waals surface area contributed by atoms with Gasteiger partial charge >= 0.3 is 11.9 Å². The van der Waals surface area contributed by atoms with E-state index < -0.39 is 30.3 Å². The zero-order valence-electron chi connectivity index (χ0n) is 9.67. The number of hydrogen-bond acceptors (Lipinski definition) is 4. The molecule has 1 heterocycles. The number of hydrogen-bond donors (Lipinski definition) is 3.